The summed E-state index contributed by atoms with van der Waals surface area (Å²) in [4.78, 5) is 25.1. The van der Waals surface area contributed by atoms with Crippen molar-refractivity contribution in [3.63, 3.8) is 0 Å². The van der Waals surface area contributed by atoms with Crippen molar-refractivity contribution in [2.24, 2.45) is 0 Å². The number of allylic oxidation sites excluding steroid dienone is 13. The summed E-state index contributed by atoms with van der Waals surface area (Å²) in [7, 11) is 0. The Labute approximate surface area is 495 Å². The van der Waals surface area contributed by atoms with E-state index in [1.54, 1.807) is 6.08 Å². The minimum atomic E-state index is -1.58. The van der Waals surface area contributed by atoms with Crippen LogP contribution in [0.4, 0.5) is 0 Å². The summed E-state index contributed by atoms with van der Waals surface area (Å²) in [5.74, 6) is -0.217. The molecule has 0 bridgehead atoms. The van der Waals surface area contributed by atoms with Crippen LogP contribution in [0.25, 0.3) is 0 Å². The lowest BCUT2D eigenvalue weighted by atomic mass is 9.99. The molecule has 1 rings (SSSR count). The number of rotatable bonds is 57. The summed E-state index contributed by atoms with van der Waals surface area (Å²) >= 11 is 0. The lowest BCUT2D eigenvalue weighted by Crippen LogP contribution is -2.60. The fraction of sp³-hybridized carbons (Fsp3) is 0.771. The Hall–Kier alpha value is -3.16. The molecule has 0 spiro atoms. The van der Waals surface area contributed by atoms with Gasteiger partial charge in [0.15, 0.2) is 6.29 Å². The van der Waals surface area contributed by atoms with Gasteiger partial charge in [-0.15, -0.1) is 0 Å². The standard InChI is InChI=1S/C70H123NO10/c1-3-5-7-9-11-13-15-17-34-38-42-46-50-54-58-66(75)79-59-55-51-47-43-39-35-32-30-28-26-24-22-20-18-19-21-23-25-27-29-31-33-37-41-45-49-53-57-65(74)71-62(61-80-70-69(78)68(77)67(76)64(60-72)81-70)63(73)56-52-48-44-40-36-16-14-12-10-8-6-4-2/h9-12,15,17-19,22,24,36,40,52,56,62-64,67-70,72-73,76-78H,3-8,13-14,16,20-21,23,25-35,37-39,41-51,53-55,57-61H2,1-2H3,(H,71,74)/b11-9-,12-10+,17-15-,19-18-,24-22-,40-36+,56-52+. The first-order valence-electron chi connectivity index (χ1n) is 33.4. The number of amides is 1. The van der Waals surface area contributed by atoms with E-state index in [1.807, 2.05) is 6.08 Å². The molecule has 0 radical (unpaired) electrons. The Bertz CT molecular complexity index is 1620. The average Bonchev–Trinajstić information content (AvgIpc) is 3.51. The smallest absolute Gasteiger partial charge is 0.305 e. The van der Waals surface area contributed by atoms with Crippen molar-refractivity contribution < 1.29 is 49.3 Å². The summed E-state index contributed by atoms with van der Waals surface area (Å²) in [5.41, 5.74) is 0. The highest BCUT2D eigenvalue weighted by Crippen LogP contribution is 2.23. The Morgan fingerprint density at radius 1 is 0.457 bits per heavy atom. The van der Waals surface area contributed by atoms with Gasteiger partial charge in [0.25, 0.3) is 0 Å². The normalized spacial score (nSPS) is 18.8. The molecule has 1 heterocycles. The van der Waals surface area contributed by atoms with Gasteiger partial charge in [-0.05, 0) is 109 Å². The van der Waals surface area contributed by atoms with Crippen molar-refractivity contribution in [3.8, 4) is 0 Å². The number of carbonyl (C=O) groups is 2. The molecule has 0 aliphatic carbocycles. The maximum atomic E-state index is 13.0. The topological polar surface area (TPSA) is 175 Å². The van der Waals surface area contributed by atoms with Crippen molar-refractivity contribution in [2.75, 3.05) is 19.8 Å². The van der Waals surface area contributed by atoms with Gasteiger partial charge in [0, 0.05) is 12.8 Å². The number of carbonyl (C=O) groups excluding carboxylic acids is 2. The van der Waals surface area contributed by atoms with Crippen LogP contribution in [0, 0.1) is 0 Å². The molecule has 1 aliphatic heterocycles. The molecule has 11 nitrogen and oxygen atoms in total. The average molecular weight is 1140 g/mol. The molecule has 0 aromatic carbocycles. The summed E-state index contributed by atoms with van der Waals surface area (Å²) in [6.07, 6.45) is 69.9. The van der Waals surface area contributed by atoms with E-state index in [9.17, 15) is 35.1 Å². The van der Waals surface area contributed by atoms with Gasteiger partial charge in [-0.25, -0.2) is 0 Å². The predicted molar refractivity (Wildman–Crippen MR) is 338 cm³/mol. The number of aliphatic hydroxyl groups is 5. The highest BCUT2D eigenvalue weighted by Gasteiger charge is 2.44. The first-order chi connectivity index (χ1) is 39.7. The highest BCUT2D eigenvalue weighted by molar-refractivity contribution is 5.76. The molecule has 81 heavy (non-hydrogen) atoms. The second-order valence-electron chi connectivity index (χ2n) is 22.8. The number of hydrogen-bond donors (Lipinski definition) is 6. The monoisotopic (exact) mass is 1140 g/mol. The van der Waals surface area contributed by atoms with Gasteiger partial charge in [-0.1, -0.05) is 247 Å². The number of aliphatic hydroxyl groups excluding tert-OH is 5. The summed E-state index contributed by atoms with van der Waals surface area (Å²) < 4.78 is 16.7. The molecule has 1 amide bonds. The molecule has 1 fully saturated rings. The third-order valence-electron chi connectivity index (χ3n) is 15.2. The molecule has 6 N–H and O–H groups in total. The second kappa shape index (κ2) is 58.6. The van der Waals surface area contributed by atoms with Gasteiger partial charge < -0.3 is 45.1 Å². The van der Waals surface area contributed by atoms with Crippen LogP contribution in [0.2, 0.25) is 0 Å². The zero-order chi connectivity index (χ0) is 58.7. The third kappa shape index (κ3) is 47.8. The zero-order valence-corrected chi connectivity index (χ0v) is 51.7. The van der Waals surface area contributed by atoms with E-state index in [-0.39, 0.29) is 18.5 Å². The van der Waals surface area contributed by atoms with Gasteiger partial charge in [-0.2, -0.15) is 0 Å². The lowest BCUT2D eigenvalue weighted by Gasteiger charge is -2.40. The predicted octanol–water partition coefficient (Wildman–Crippen LogP) is 16.5. The largest absolute Gasteiger partial charge is 0.466 e. The molecular formula is C70H123NO10. The highest BCUT2D eigenvalue weighted by atomic mass is 16.7. The number of ether oxygens (including phenoxy) is 3. The fourth-order valence-electron chi connectivity index (χ4n) is 9.85. The van der Waals surface area contributed by atoms with Crippen molar-refractivity contribution in [2.45, 2.75) is 326 Å². The lowest BCUT2D eigenvalue weighted by molar-refractivity contribution is -0.302. The van der Waals surface area contributed by atoms with E-state index in [2.05, 4.69) is 92.1 Å². The van der Waals surface area contributed by atoms with Gasteiger partial charge in [0.1, 0.15) is 24.4 Å². The van der Waals surface area contributed by atoms with E-state index in [0.29, 0.717) is 19.4 Å². The van der Waals surface area contributed by atoms with Crippen LogP contribution in [0.5, 0.6) is 0 Å². The van der Waals surface area contributed by atoms with E-state index >= 15 is 0 Å². The first-order valence-corrected chi connectivity index (χ1v) is 33.4. The fourth-order valence-corrected chi connectivity index (χ4v) is 9.85. The zero-order valence-electron chi connectivity index (χ0n) is 51.7. The molecule has 468 valence electrons. The van der Waals surface area contributed by atoms with Gasteiger partial charge in [0.05, 0.1) is 32.0 Å². The summed E-state index contributed by atoms with van der Waals surface area (Å²) in [6.45, 7) is 4.22. The number of nitrogens with one attached hydrogen (secondary N) is 1. The van der Waals surface area contributed by atoms with Crippen LogP contribution >= 0.6 is 0 Å². The Morgan fingerprint density at radius 3 is 1.30 bits per heavy atom. The van der Waals surface area contributed by atoms with Gasteiger partial charge in [0.2, 0.25) is 5.91 Å². The van der Waals surface area contributed by atoms with Crippen LogP contribution in [0.1, 0.15) is 284 Å². The summed E-state index contributed by atoms with van der Waals surface area (Å²) in [5, 5.41) is 54.4. The van der Waals surface area contributed by atoms with Crippen LogP contribution in [0.3, 0.4) is 0 Å². The Balaban J connectivity index is 2.02. The van der Waals surface area contributed by atoms with Crippen molar-refractivity contribution in [3.05, 3.63) is 85.1 Å². The molecule has 1 saturated heterocycles. The van der Waals surface area contributed by atoms with E-state index in [4.69, 9.17) is 14.2 Å². The maximum Gasteiger partial charge on any atom is 0.305 e. The third-order valence-corrected chi connectivity index (χ3v) is 15.2. The van der Waals surface area contributed by atoms with Crippen LogP contribution in [-0.2, 0) is 23.8 Å². The summed E-state index contributed by atoms with van der Waals surface area (Å²) in [6, 6.07) is -0.839. The van der Waals surface area contributed by atoms with Gasteiger partial charge in [-0.3, -0.25) is 9.59 Å². The molecule has 1 aliphatic rings. The van der Waals surface area contributed by atoms with Crippen molar-refractivity contribution in [1.29, 1.82) is 0 Å². The second-order valence-corrected chi connectivity index (χ2v) is 22.8. The number of hydrogen-bond acceptors (Lipinski definition) is 10. The Morgan fingerprint density at radius 2 is 0.840 bits per heavy atom. The molecule has 0 aromatic heterocycles. The van der Waals surface area contributed by atoms with Crippen molar-refractivity contribution in [1.82, 2.24) is 5.32 Å². The molecule has 0 aromatic rings. The minimum absolute atomic E-state index is 0.0151. The molecule has 7 unspecified atom stereocenters. The molecule has 7 atom stereocenters. The van der Waals surface area contributed by atoms with Gasteiger partial charge >= 0.3 is 5.97 Å². The minimum Gasteiger partial charge on any atom is -0.466 e. The maximum absolute atomic E-state index is 13.0. The van der Waals surface area contributed by atoms with Crippen LogP contribution < -0.4 is 5.32 Å². The number of unbranched alkanes of at least 4 members (excludes halogenated alkanes) is 31. The molecule has 0 saturated carbocycles. The number of esters is 1. The van der Waals surface area contributed by atoms with E-state index < -0.39 is 49.5 Å². The van der Waals surface area contributed by atoms with E-state index in [0.717, 1.165) is 103 Å². The van der Waals surface area contributed by atoms with Crippen LogP contribution in [0.15, 0.2) is 85.1 Å². The SMILES string of the molecule is CCCC/C=C\C/C=C\CCCCCCCC(=O)OCCCCCCCCCCC/C=C\C/C=C\CCCCCCCCCCCCCC(=O)NC(COC1OC(CO)C(O)C(O)C1O)C(O)/C=C/CC/C=C/CC/C=C/CCCC. The Kier molecular flexibility index (Phi) is 54.9. The quantitative estimate of drug-likeness (QED) is 0.0195. The molecular weight excluding hydrogens is 1010 g/mol. The molecule has 11 heteroatoms. The van der Waals surface area contributed by atoms with E-state index in [1.165, 1.54) is 154 Å². The van der Waals surface area contributed by atoms with Crippen LogP contribution in [-0.4, -0.2) is 100 Å². The van der Waals surface area contributed by atoms with Crippen molar-refractivity contribution >= 4 is 11.9 Å². The first kappa shape index (κ1) is 75.9.